The van der Waals surface area contributed by atoms with Crippen LogP contribution >= 0.6 is 0 Å². The van der Waals surface area contributed by atoms with Crippen LogP contribution in [0.4, 0.5) is 4.79 Å². The highest BCUT2D eigenvalue weighted by atomic mass is 16.6. The summed E-state index contributed by atoms with van der Waals surface area (Å²) in [5.41, 5.74) is 5.77. The average Bonchev–Trinajstić information content (AvgIpc) is 2.28. The Balaban J connectivity index is 2.49. The Morgan fingerprint density at radius 1 is 1.42 bits per heavy atom. The highest BCUT2D eigenvalue weighted by molar-refractivity contribution is 5.68. The van der Waals surface area contributed by atoms with Crippen molar-refractivity contribution in [2.45, 2.75) is 78.0 Å². The largest absolute Gasteiger partial charge is 0.444 e. The van der Waals surface area contributed by atoms with E-state index in [4.69, 9.17) is 10.5 Å². The summed E-state index contributed by atoms with van der Waals surface area (Å²) in [5.74, 6) is 1.11. The molecular formula is C15H30N2O2. The molecule has 19 heavy (non-hydrogen) atoms. The Hall–Kier alpha value is -0.770. The molecular weight excluding hydrogens is 240 g/mol. The third-order valence-corrected chi connectivity index (χ3v) is 4.05. The van der Waals surface area contributed by atoms with Gasteiger partial charge in [-0.3, -0.25) is 0 Å². The van der Waals surface area contributed by atoms with Gasteiger partial charge in [-0.25, -0.2) is 4.79 Å². The van der Waals surface area contributed by atoms with Gasteiger partial charge >= 0.3 is 6.09 Å². The zero-order valence-electron chi connectivity index (χ0n) is 13.0. The summed E-state index contributed by atoms with van der Waals surface area (Å²) in [5, 5.41) is 2.99. The van der Waals surface area contributed by atoms with Gasteiger partial charge in [0.2, 0.25) is 0 Å². The van der Waals surface area contributed by atoms with Crippen molar-refractivity contribution in [3.05, 3.63) is 0 Å². The summed E-state index contributed by atoms with van der Waals surface area (Å²) >= 11 is 0. The van der Waals surface area contributed by atoms with Crippen LogP contribution in [-0.4, -0.2) is 23.8 Å². The van der Waals surface area contributed by atoms with E-state index in [9.17, 15) is 4.79 Å². The topological polar surface area (TPSA) is 64.3 Å². The molecule has 0 aromatic carbocycles. The van der Waals surface area contributed by atoms with Crippen LogP contribution in [0.3, 0.4) is 0 Å². The molecule has 0 aliphatic heterocycles. The van der Waals surface area contributed by atoms with E-state index in [2.05, 4.69) is 19.2 Å². The van der Waals surface area contributed by atoms with Gasteiger partial charge in [-0.1, -0.05) is 20.3 Å². The molecule has 1 saturated carbocycles. The lowest BCUT2D eigenvalue weighted by Gasteiger charge is -2.37. The maximum atomic E-state index is 11.8. The third kappa shape index (κ3) is 5.39. The second-order valence-corrected chi connectivity index (χ2v) is 6.87. The van der Waals surface area contributed by atoms with Gasteiger partial charge in [0.25, 0.3) is 0 Å². The van der Waals surface area contributed by atoms with E-state index >= 15 is 0 Å². The minimum atomic E-state index is -0.439. The normalized spacial score (nSPS) is 29.7. The molecule has 3 N–H and O–H groups in total. The fraction of sp³-hybridized carbons (Fsp3) is 0.933. The van der Waals surface area contributed by atoms with Gasteiger partial charge in [0.05, 0.1) is 0 Å². The van der Waals surface area contributed by atoms with Crippen LogP contribution in [0.25, 0.3) is 0 Å². The summed E-state index contributed by atoms with van der Waals surface area (Å²) in [4.78, 5) is 11.8. The van der Waals surface area contributed by atoms with Crippen LogP contribution in [0.15, 0.2) is 0 Å². The number of carbonyl (C=O) groups is 1. The second kappa shape index (κ2) is 6.60. The molecule has 4 nitrogen and oxygen atoms in total. The van der Waals surface area contributed by atoms with Crippen molar-refractivity contribution < 1.29 is 9.53 Å². The zero-order valence-corrected chi connectivity index (χ0v) is 13.0. The molecule has 4 atom stereocenters. The number of hydrogen-bond donors (Lipinski definition) is 2. The van der Waals surface area contributed by atoms with Crippen molar-refractivity contribution in [2.75, 3.05) is 0 Å². The molecule has 0 bridgehead atoms. The predicted molar refractivity (Wildman–Crippen MR) is 77.9 cm³/mol. The summed E-state index contributed by atoms with van der Waals surface area (Å²) in [6, 6.07) is 0.472. The number of amides is 1. The summed E-state index contributed by atoms with van der Waals surface area (Å²) in [6.07, 6.45) is 3.73. The molecule has 4 heteroatoms. The molecule has 0 aromatic rings. The molecule has 1 fully saturated rings. The molecule has 1 aliphatic rings. The highest BCUT2D eigenvalue weighted by Gasteiger charge is 2.32. The standard InChI is InChI=1S/C15H30N2O2/c1-6-10(2)12-9-11(7-8-13(12)16)17-14(18)19-15(3,4)5/h10-13H,6-9,16H2,1-5H3,(H,17,18). The first-order chi connectivity index (χ1) is 8.73. The zero-order chi connectivity index (χ0) is 14.6. The van der Waals surface area contributed by atoms with E-state index in [1.165, 1.54) is 0 Å². The number of hydrogen-bond acceptors (Lipinski definition) is 3. The number of ether oxygens (including phenoxy) is 1. The number of nitrogens with one attached hydrogen (secondary N) is 1. The van der Waals surface area contributed by atoms with Crippen molar-refractivity contribution in [3.63, 3.8) is 0 Å². The maximum absolute atomic E-state index is 11.8. The quantitative estimate of drug-likeness (QED) is 0.828. The molecule has 0 radical (unpaired) electrons. The number of nitrogens with two attached hydrogens (primary N) is 1. The molecule has 4 unspecified atom stereocenters. The SMILES string of the molecule is CCC(C)C1CC(NC(=O)OC(C)(C)C)CCC1N. The van der Waals surface area contributed by atoms with Gasteiger partial charge in [-0.15, -0.1) is 0 Å². The summed E-state index contributed by atoms with van der Waals surface area (Å²) in [7, 11) is 0. The molecule has 0 spiro atoms. The summed E-state index contributed by atoms with van der Waals surface area (Å²) in [6.45, 7) is 10.1. The van der Waals surface area contributed by atoms with Crippen LogP contribution in [-0.2, 0) is 4.74 Å². The first-order valence-corrected chi connectivity index (χ1v) is 7.48. The average molecular weight is 270 g/mol. The lowest BCUT2D eigenvalue weighted by atomic mass is 9.74. The van der Waals surface area contributed by atoms with Crippen LogP contribution in [0.2, 0.25) is 0 Å². The lowest BCUT2D eigenvalue weighted by Crippen LogP contribution is -2.48. The maximum Gasteiger partial charge on any atom is 0.407 e. The van der Waals surface area contributed by atoms with Crippen molar-refractivity contribution in [1.82, 2.24) is 5.32 Å². The van der Waals surface area contributed by atoms with Crippen molar-refractivity contribution in [2.24, 2.45) is 17.6 Å². The van der Waals surface area contributed by atoms with Gasteiger partial charge in [-0.2, -0.15) is 0 Å². The fourth-order valence-electron chi connectivity index (χ4n) is 2.79. The molecule has 0 heterocycles. The Morgan fingerprint density at radius 3 is 2.58 bits per heavy atom. The van der Waals surface area contributed by atoms with E-state index in [1.807, 2.05) is 20.8 Å². The monoisotopic (exact) mass is 270 g/mol. The van der Waals surface area contributed by atoms with Crippen LogP contribution in [0.1, 0.15) is 60.3 Å². The third-order valence-electron chi connectivity index (χ3n) is 4.05. The van der Waals surface area contributed by atoms with E-state index in [-0.39, 0.29) is 18.2 Å². The number of carbonyl (C=O) groups excluding carboxylic acids is 1. The minimum absolute atomic E-state index is 0.202. The van der Waals surface area contributed by atoms with Crippen molar-refractivity contribution in [3.8, 4) is 0 Å². The van der Waals surface area contributed by atoms with Crippen LogP contribution in [0, 0.1) is 11.8 Å². The molecule has 1 rings (SSSR count). The minimum Gasteiger partial charge on any atom is -0.444 e. The molecule has 1 aliphatic carbocycles. The smallest absolute Gasteiger partial charge is 0.407 e. The first kappa shape index (κ1) is 16.3. The predicted octanol–water partition coefficient (Wildman–Crippen LogP) is 3.05. The van der Waals surface area contributed by atoms with E-state index in [0.717, 1.165) is 25.7 Å². The van der Waals surface area contributed by atoms with Gasteiger partial charge in [0, 0.05) is 12.1 Å². The second-order valence-electron chi connectivity index (χ2n) is 6.87. The van der Waals surface area contributed by atoms with Crippen LogP contribution < -0.4 is 11.1 Å². The molecule has 0 saturated heterocycles. The Kier molecular flexibility index (Phi) is 5.65. The van der Waals surface area contributed by atoms with E-state index in [0.29, 0.717) is 11.8 Å². The Bertz CT molecular complexity index is 295. The number of alkyl carbamates (subject to hydrolysis) is 1. The van der Waals surface area contributed by atoms with Crippen molar-refractivity contribution >= 4 is 6.09 Å². The molecule has 112 valence electrons. The fourth-order valence-corrected chi connectivity index (χ4v) is 2.79. The summed E-state index contributed by atoms with van der Waals surface area (Å²) < 4.78 is 5.31. The highest BCUT2D eigenvalue weighted by Crippen LogP contribution is 2.31. The molecule has 1 amide bonds. The lowest BCUT2D eigenvalue weighted by molar-refractivity contribution is 0.0471. The van der Waals surface area contributed by atoms with Gasteiger partial charge in [0.15, 0.2) is 0 Å². The molecule has 0 aromatic heterocycles. The Labute approximate surface area is 117 Å². The van der Waals surface area contributed by atoms with Gasteiger partial charge < -0.3 is 15.8 Å². The Morgan fingerprint density at radius 2 is 2.05 bits per heavy atom. The van der Waals surface area contributed by atoms with E-state index < -0.39 is 5.60 Å². The van der Waals surface area contributed by atoms with E-state index in [1.54, 1.807) is 0 Å². The first-order valence-electron chi connectivity index (χ1n) is 7.48. The van der Waals surface area contributed by atoms with Crippen molar-refractivity contribution in [1.29, 1.82) is 0 Å². The van der Waals surface area contributed by atoms with Gasteiger partial charge in [-0.05, 0) is 51.9 Å². The number of rotatable bonds is 3. The van der Waals surface area contributed by atoms with Crippen LogP contribution in [0.5, 0.6) is 0 Å². The van der Waals surface area contributed by atoms with Gasteiger partial charge in [0.1, 0.15) is 5.60 Å².